The maximum absolute atomic E-state index is 10.2. The van der Waals surface area contributed by atoms with Crippen LogP contribution in [-0.4, -0.2) is 42.4 Å². The normalized spacial score (nSPS) is 25.3. The Bertz CT molecular complexity index is 215. The summed E-state index contributed by atoms with van der Waals surface area (Å²) in [5.41, 5.74) is 0. The molecule has 0 radical (unpaired) electrons. The van der Waals surface area contributed by atoms with E-state index in [1.807, 2.05) is 0 Å². The number of aliphatic hydroxyl groups excluding tert-OH is 1. The second-order valence-electron chi connectivity index (χ2n) is 6.69. The fourth-order valence-electron chi connectivity index (χ4n) is 3.37. The van der Waals surface area contributed by atoms with Crippen molar-refractivity contribution < 1.29 is 9.59 Å². The molecule has 0 aromatic carbocycles. The maximum Gasteiger partial charge on any atom is 0.115 e. The first-order valence-electron chi connectivity index (χ1n) is 8.08. The van der Waals surface area contributed by atoms with Crippen molar-refractivity contribution in [2.75, 3.05) is 20.6 Å². The minimum absolute atomic E-state index is 0.0613. The monoisotopic (exact) mass is 256 g/mol. The molecule has 2 atom stereocenters. The minimum Gasteiger partial charge on any atom is -0.387 e. The Labute approximate surface area is 114 Å². The van der Waals surface area contributed by atoms with E-state index in [-0.39, 0.29) is 6.10 Å². The Hall–Kier alpha value is -0.0800. The van der Waals surface area contributed by atoms with Gasteiger partial charge in [-0.1, -0.05) is 39.0 Å². The van der Waals surface area contributed by atoms with Gasteiger partial charge in [-0.15, -0.1) is 0 Å². The van der Waals surface area contributed by atoms with Crippen LogP contribution in [0.25, 0.3) is 0 Å². The van der Waals surface area contributed by atoms with Crippen molar-refractivity contribution >= 4 is 0 Å². The predicted molar refractivity (Wildman–Crippen MR) is 78.6 cm³/mol. The molecule has 0 aromatic heterocycles. The molecular formula is C16H34NO+. The van der Waals surface area contributed by atoms with Crippen molar-refractivity contribution in [3.63, 3.8) is 0 Å². The van der Waals surface area contributed by atoms with Crippen molar-refractivity contribution in [2.45, 2.75) is 83.3 Å². The molecule has 108 valence electrons. The van der Waals surface area contributed by atoms with Gasteiger partial charge in [0, 0.05) is 6.42 Å². The first-order chi connectivity index (χ1) is 8.58. The SMILES string of the molecule is CCCCCCCC[N+](C)(C)C1CCCCC1O. The fourth-order valence-corrected chi connectivity index (χ4v) is 3.37. The van der Waals surface area contributed by atoms with Crippen molar-refractivity contribution in [2.24, 2.45) is 0 Å². The van der Waals surface area contributed by atoms with Crippen molar-refractivity contribution in [3.8, 4) is 0 Å². The van der Waals surface area contributed by atoms with E-state index in [1.54, 1.807) is 0 Å². The van der Waals surface area contributed by atoms with Crippen LogP contribution in [0.2, 0.25) is 0 Å². The number of hydrogen-bond donors (Lipinski definition) is 1. The summed E-state index contributed by atoms with van der Waals surface area (Å²) < 4.78 is 1.02. The molecule has 0 heterocycles. The summed E-state index contributed by atoms with van der Waals surface area (Å²) in [5.74, 6) is 0. The van der Waals surface area contributed by atoms with Gasteiger partial charge in [0.2, 0.25) is 0 Å². The van der Waals surface area contributed by atoms with Gasteiger partial charge >= 0.3 is 0 Å². The van der Waals surface area contributed by atoms with Crippen molar-refractivity contribution in [1.29, 1.82) is 0 Å². The molecule has 1 saturated carbocycles. The summed E-state index contributed by atoms with van der Waals surface area (Å²) in [4.78, 5) is 0. The van der Waals surface area contributed by atoms with E-state index in [2.05, 4.69) is 21.0 Å². The Morgan fingerprint density at radius 1 is 0.944 bits per heavy atom. The summed E-state index contributed by atoms with van der Waals surface area (Å²) in [6, 6.07) is 0.481. The highest BCUT2D eigenvalue weighted by molar-refractivity contribution is 4.75. The molecule has 0 aromatic rings. The number of quaternary nitrogens is 1. The van der Waals surface area contributed by atoms with Crippen LogP contribution in [0.3, 0.4) is 0 Å². The number of unbranched alkanes of at least 4 members (excludes halogenated alkanes) is 5. The van der Waals surface area contributed by atoms with Crippen LogP contribution in [0.5, 0.6) is 0 Å². The lowest BCUT2D eigenvalue weighted by atomic mass is 9.90. The summed E-state index contributed by atoms with van der Waals surface area (Å²) in [7, 11) is 4.62. The third kappa shape index (κ3) is 5.27. The molecule has 0 bridgehead atoms. The van der Waals surface area contributed by atoms with Gasteiger partial charge in [-0.25, -0.2) is 0 Å². The molecule has 1 aliphatic carbocycles. The van der Waals surface area contributed by atoms with Gasteiger partial charge in [0.25, 0.3) is 0 Å². The number of hydrogen-bond acceptors (Lipinski definition) is 1. The summed E-state index contributed by atoms with van der Waals surface area (Å²) in [6.07, 6.45) is 12.9. The van der Waals surface area contributed by atoms with E-state index in [0.29, 0.717) is 6.04 Å². The van der Waals surface area contributed by atoms with Crippen molar-refractivity contribution in [3.05, 3.63) is 0 Å². The lowest BCUT2D eigenvalue weighted by Gasteiger charge is -2.42. The van der Waals surface area contributed by atoms with Crippen molar-refractivity contribution in [1.82, 2.24) is 0 Å². The third-order valence-corrected chi connectivity index (χ3v) is 4.68. The van der Waals surface area contributed by atoms with Crippen LogP contribution in [0.1, 0.15) is 71.1 Å². The van der Waals surface area contributed by atoms with Crippen LogP contribution >= 0.6 is 0 Å². The van der Waals surface area contributed by atoms with Gasteiger partial charge in [-0.05, 0) is 25.7 Å². The highest BCUT2D eigenvalue weighted by atomic mass is 16.3. The molecule has 1 fully saturated rings. The average Bonchev–Trinajstić information content (AvgIpc) is 2.34. The Balaban J connectivity index is 2.21. The van der Waals surface area contributed by atoms with E-state index in [9.17, 15) is 5.11 Å². The molecule has 0 saturated heterocycles. The molecule has 1 rings (SSSR count). The predicted octanol–water partition coefficient (Wildman–Crippen LogP) is 3.73. The molecule has 0 amide bonds. The second-order valence-corrected chi connectivity index (χ2v) is 6.69. The molecule has 1 N–H and O–H groups in total. The van der Waals surface area contributed by atoms with E-state index in [1.165, 1.54) is 64.3 Å². The Morgan fingerprint density at radius 2 is 1.56 bits per heavy atom. The van der Waals surface area contributed by atoms with Gasteiger partial charge in [0.15, 0.2) is 0 Å². The summed E-state index contributed by atoms with van der Waals surface area (Å²) in [5, 5.41) is 10.2. The average molecular weight is 256 g/mol. The van der Waals surface area contributed by atoms with E-state index in [0.717, 1.165) is 10.9 Å². The first-order valence-corrected chi connectivity index (χ1v) is 8.08. The standard InChI is InChI=1S/C16H34NO/c1-4-5-6-7-8-11-14-17(2,3)15-12-9-10-13-16(15)18/h15-16,18H,4-14H2,1-3H3/q+1. The van der Waals surface area contributed by atoms with E-state index >= 15 is 0 Å². The minimum atomic E-state index is -0.0613. The number of nitrogens with zero attached hydrogens (tertiary/aromatic N) is 1. The zero-order valence-electron chi connectivity index (χ0n) is 12.8. The molecule has 1 aliphatic rings. The quantitative estimate of drug-likeness (QED) is 0.518. The summed E-state index contributed by atoms with van der Waals surface area (Å²) in [6.45, 7) is 3.50. The molecule has 2 unspecified atom stereocenters. The molecule has 18 heavy (non-hydrogen) atoms. The highest BCUT2D eigenvalue weighted by Crippen LogP contribution is 2.26. The maximum atomic E-state index is 10.2. The second kappa shape index (κ2) is 8.16. The lowest BCUT2D eigenvalue weighted by molar-refractivity contribution is -0.920. The molecule has 0 spiro atoms. The third-order valence-electron chi connectivity index (χ3n) is 4.68. The molecule has 2 nitrogen and oxygen atoms in total. The van der Waals surface area contributed by atoms with Crippen LogP contribution in [0, 0.1) is 0 Å². The van der Waals surface area contributed by atoms with E-state index < -0.39 is 0 Å². The smallest absolute Gasteiger partial charge is 0.115 e. The Kier molecular flexibility index (Phi) is 7.25. The first kappa shape index (κ1) is 16.0. The zero-order valence-corrected chi connectivity index (χ0v) is 12.8. The van der Waals surface area contributed by atoms with Gasteiger partial charge < -0.3 is 9.59 Å². The van der Waals surface area contributed by atoms with E-state index in [4.69, 9.17) is 0 Å². The van der Waals surface area contributed by atoms with Gasteiger partial charge in [-0.2, -0.15) is 0 Å². The summed E-state index contributed by atoms with van der Waals surface area (Å²) >= 11 is 0. The number of likely N-dealkylation sites (N-methyl/N-ethyl adjacent to an activating group) is 1. The largest absolute Gasteiger partial charge is 0.387 e. The fraction of sp³-hybridized carbons (Fsp3) is 1.00. The van der Waals surface area contributed by atoms with Crippen LogP contribution in [-0.2, 0) is 0 Å². The van der Waals surface area contributed by atoms with Gasteiger partial charge in [0.05, 0.1) is 20.6 Å². The van der Waals surface area contributed by atoms with Crippen LogP contribution in [0.4, 0.5) is 0 Å². The number of rotatable bonds is 8. The Morgan fingerprint density at radius 3 is 2.22 bits per heavy atom. The van der Waals surface area contributed by atoms with Gasteiger partial charge in [-0.3, -0.25) is 0 Å². The van der Waals surface area contributed by atoms with Crippen LogP contribution < -0.4 is 0 Å². The number of aliphatic hydroxyl groups is 1. The zero-order chi connectivity index (χ0) is 13.4. The highest BCUT2D eigenvalue weighted by Gasteiger charge is 2.35. The lowest BCUT2D eigenvalue weighted by Crippen LogP contribution is -2.56. The van der Waals surface area contributed by atoms with Gasteiger partial charge in [0.1, 0.15) is 12.1 Å². The molecule has 2 heteroatoms. The molecular weight excluding hydrogens is 222 g/mol. The topological polar surface area (TPSA) is 20.2 Å². The molecule has 0 aliphatic heterocycles. The van der Waals surface area contributed by atoms with Crippen LogP contribution in [0.15, 0.2) is 0 Å².